The number of nitrogens with one attached hydrogen (secondary N) is 2. The Morgan fingerprint density at radius 2 is 2.12 bits per heavy atom. The van der Waals surface area contributed by atoms with Crippen molar-refractivity contribution in [2.45, 2.75) is 26.5 Å². The van der Waals surface area contributed by atoms with Crippen LogP contribution < -0.4 is 15.4 Å². The van der Waals surface area contributed by atoms with Crippen LogP contribution in [0.4, 0.5) is 0 Å². The van der Waals surface area contributed by atoms with Gasteiger partial charge in [0, 0.05) is 18.0 Å². The smallest absolute Gasteiger partial charge is 0.191 e. The molecule has 1 atom stereocenters. The number of aryl methyl sites for hydroxylation is 1. The zero-order valence-electron chi connectivity index (χ0n) is 14.6. The summed E-state index contributed by atoms with van der Waals surface area (Å²) in [5.41, 5.74) is 1.13. The molecule has 2 aromatic rings. The Morgan fingerprint density at radius 3 is 2.80 bits per heavy atom. The van der Waals surface area contributed by atoms with Gasteiger partial charge in [-0.15, -0.1) is 35.3 Å². The lowest BCUT2D eigenvalue weighted by Crippen LogP contribution is -2.42. The fraction of sp³-hybridized carbons (Fsp3) is 0.389. The molecule has 0 saturated carbocycles. The third-order valence-electron chi connectivity index (χ3n) is 3.25. The molecular formula is C18H26IN3O2S. The van der Waals surface area contributed by atoms with E-state index < -0.39 is 6.10 Å². The SMILES string of the molecule is CCNC(=NCc1cccs1)NCC(O)COc1cccc(C)c1.I. The van der Waals surface area contributed by atoms with Crippen LogP contribution in [-0.4, -0.2) is 36.9 Å². The summed E-state index contributed by atoms with van der Waals surface area (Å²) in [7, 11) is 0. The van der Waals surface area contributed by atoms with Gasteiger partial charge >= 0.3 is 0 Å². The molecule has 0 aliphatic carbocycles. The van der Waals surface area contributed by atoms with Gasteiger partial charge < -0.3 is 20.5 Å². The quantitative estimate of drug-likeness (QED) is 0.312. The minimum atomic E-state index is -0.615. The van der Waals surface area contributed by atoms with Gasteiger partial charge in [-0.3, -0.25) is 0 Å². The van der Waals surface area contributed by atoms with Gasteiger partial charge in [-0.05, 0) is 43.0 Å². The molecule has 1 aromatic carbocycles. The molecule has 0 fully saturated rings. The van der Waals surface area contributed by atoms with Crippen LogP contribution in [0.2, 0.25) is 0 Å². The molecule has 0 aliphatic heterocycles. The maximum atomic E-state index is 10.1. The molecule has 138 valence electrons. The molecule has 0 radical (unpaired) electrons. The second kappa shape index (κ2) is 12.1. The van der Waals surface area contributed by atoms with Gasteiger partial charge in [0.1, 0.15) is 18.5 Å². The van der Waals surface area contributed by atoms with Crippen LogP contribution in [0, 0.1) is 6.92 Å². The number of nitrogens with zero attached hydrogens (tertiary/aromatic N) is 1. The van der Waals surface area contributed by atoms with Crippen molar-refractivity contribution in [3.8, 4) is 5.75 Å². The van der Waals surface area contributed by atoms with Crippen molar-refractivity contribution in [3.63, 3.8) is 0 Å². The summed E-state index contributed by atoms with van der Waals surface area (Å²) in [4.78, 5) is 5.71. The molecular weight excluding hydrogens is 449 g/mol. The highest BCUT2D eigenvalue weighted by atomic mass is 127. The highest BCUT2D eigenvalue weighted by Gasteiger charge is 2.07. The highest BCUT2D eigenvalue weighted by molar-refractivity contribution is 14.0. The van der Waals surface area contributed by atoms with E-state index in [1.807, 2.05) is 49.6 Å². The second-order valence-corrected chi connectivity index (χ2v) is 6.47. The fourth-order valence-electron chi connectivity index (χ4n) is 2.07. The van der Waals surface area contributed by atoms with E-state index in [2.05, 4.69) is 21.7 Å². The van der Waals surface area contributed by atoms with Crippen molar-refractivity contribution in [2.75, 3.05) is 19.7 Å². The number of ether oxygens (including phenoxy) is 1. The molecule has 0 aliphatic rings. The maximum Gasteiger partial charge on any atom is 0.191 e. The molecule has 0 saturated heterocycles. The molecule has 0 amide bonds. The van der Waals surface area contributed by atoms with Crippen LogP contribution in [0.1, 0.15) is 17.4 Å². The van der Waals surface area contributed by atoms with E-state index >= 15 is 0 Å². The average Bonchev–Trinajstić information content (AvgIpc) is 3.09. The van der Waals surface area contributed by atoms with Crippen molar-refractivity contribution in [1.82, 2.24) is 10.6 Å². The van der Waals surface area contributed by atoms with Crippen molar-refractivity contribution >= 4 is 41.3 Å². The molecule has 25 heavy (non-hydrogen) atoms. The summed E-state index contributed by atoms with van der Waals surface area (Å²) in [6, 6.07) is 11.9. The average molecular weight is 475 g/mol. The lowest BCUT2D eigenvalue weighted by atomic mass is 10.2. The summed E-state index contributed by atoms with van der Waals surface area (Å²) in [5, 5.41) is 18.4. The molecule has 2 rings (SSSR count). The number of rotatable bonds is 8. The largest absolute Gasteiger partial charge is 0.491 e. The lowest BCUT2D eigenvalue weighted by molar-refractivity contribution is 0.110. The monoisotopic (exact) mass is 475 g/mol. The molecule has 3 N–H and O–H groups in total. The highest BCUT2D eigenvalue weighted by Crippen LogP contribution is 2.12. The van der Waals surface area contributed by atoms with E-state index in [-0.39, 0.29) is 30.6 Å². The number of hydrogen-bond donors (Lipinski definition) is 3. The predicted octanol–water partition coefficient (Wildman–Crippen LogP) is 3.17. The lowest BCUT2D eigenvalue weighted by Gasteiger charge is -2.16. The van der Waals surface area contributed by atoms with Crippen molar-refractivity contribution in [3.05, 3.63) is 52.2 Å². The summed E-state index contributed by atoms with van der Waals surface area (Å²) in [6.07, 6.45) is -0.615. The Morgan fingerprint density at radius 1 is 1.28 bits per heavy atom. The van der Waals surface area contributed by atoms with Crippen LogP contribution in [0.5, 0.6) is 5.75 Å². The van der Waals surface area contributed by atoms with Crippen molar-refractivity contribution in [1.29, 1.82) is 0 Å². The fourth-order valence-corrected chi connectivity index (χ4v) is 2.70. The first kappa shape index (κ1) is 21.7. The normalized spacial score (nSPS) is 12.2. The molecule has 5 nitrogen and oxygen atoms in total. The van der Waals surface area contributed by atoms with Gasteiger partial charge in [-0.1, -0.05) is 18.2 Å². The first-order chi connectivity index (χ1) is 11.7. The number of hydrogen-bond acceptors (Lipinski definition) is 4. The number of thiophene rings is 1. The number of guanidine groups is 1. The maximum absolute atomic E-state index is 10.1. The van der Waals surface area contributed by atoms with E-state index in [0.717, 1.165) is 17.9 Å². The third kappa shape index (κ3) is 8.55. The van der Waals surface area contributed by atoms with Crippen LogP contribution in [0.25, 0.3) is 0 Å². The molecule has 0 bridgehead atoms. The Labute approximate surface area is 170 Å². The van der Waals surface area contributed by atoms with E-state index in [4.69, 9.17) is 4.74 Å². The molecule has 1 heterocycles. The first-order valence-corrected chi connectivity index (χ1v) is 8.97. The Kier molecular flexibility index (Phi) is 10.5. The van der Waals surface area contributed by atoms with Gasteiger partial charge in [0.2, 0.25) is 0 Å². The van der Waals surface area contributed by atoms with Crippen molar-refractivity contribution in [2.24, 2.45) is 4.99 Å². The van der Waals surface area contributed by atoms with Crippen molar-refractivity contribution < 1.29 is 9.84 Å². The number of halogens is 1. The van der Waals surface area contributed by atoms with Crippen LogP contribution in [-0.2, 0) is 6.54 Å². The third-order valence-corrected chi connectivity index (χ3v) is 4.12. The number of benzene rings is 1. The van der Waals surface area contributed by atoms with Crippen LogP contribution in [0.3, 0.4) is 0 Å². The van der Waals surface area contributed by atoms with Gasteiger partial charge in [0.25, 0.3) is 0 Å². The number of aliphatic imine (C=N–C) groups is 1. The predicted molar refractivity (Wildman–Crippen MR) is 115 cm³/mol. The topological polar surface area (TPSA) is 65.9 Å². The Bertz CT molecular complexity index is 635. The van der Waals surface area contributed by atoms with Crippen LogP contribution >= 0.6 is 35.3 Å². The minimum absolute atomic E-state index is 0. The molecule has 7 heteroatoms. The molecule has 1 aromatic heterocycles. The van der Waals surface area contributed by atoms with E-state index in [1.54, 1.807) is 11.3 Å². The summed E-state index contributed by atoms with van der Waals surface area (Å²) < 4.78 is 5.61. The Hall–Kier alpha value is -1.32. The van der Waals surface area contributed by atoms with Crippen LogP contribution in [0.15, 0.2) is 46.8 Å². The molecule has 0 spiro atoms. The molecule has 1 unspecified atom stereocenters. The standard InChI is InChI=1S/C18H25N3O2S.HI/c1-3-19-18(21-12-17-8-5-9-24-17)20-11-15(22)13-23-16-7-4-6-14(2)10-16;/h4-10,15,22H,3,11-13H2,1-2H3,(H2,19,20,21);1H. The van der Waals surface area contributed by atoms with Gasteiger partial charge in [-0.25, -0.2) is 4.99 Å². The first-order valence-electron chi connectivity index (χ1n) is 8.09. The number of aliphatic hydroxyl groups is 1. The van der Waals surface area contributed by atoms with E-state index in [0.29, 0.717) is 19.0 Å². The van der Waals surface area contributed by atoms with Gasteiger partial charge in [0.15, 0.2) is 5.96 Å². The summed E-state index contributed by atoms with van der Waals surface area (Å²) in [6.45, 7) is 6.04. The van der Waals surface area contributed by atoms with E-state index in [1.165, 1.54) is 4.88 Å². The second-order valence-electron chi connectivity index (χ2n) is 5.44. The summed E-state index contributed by atoms with van der Waals surface area (Å²) >= 11 is 1.68. The zero-order chi connectivity index (χ0) is 17.2. The van der Waals surface area contributed by atoms with Gasteiger partial charge in [-0.2, -0.15) is 0 Å². The summed E-state index contributed by atoms with van der Waals surface area (Å²) in [5.74, 6) is 1.47. The van der Waals surface area contributed by atoms with Gasteiger partial charge in [0.05, 0.1) is 6.54 Å². The number of aliphatic hydroxyl groups excluding tert-OH is 1. The minimum Gasteiger partial charge on any atom is -0.491 e. The Balaban J connectivity index is 0.00000312. The zero-order valence-corrected chi connectivity index (χ0v) is 17.7. The van der Waals surface area contributed by atoms with E-state index in [9.17, 15) is 5.11 Å².